The molecule has 0 aromatic heterocycles. The van der Waals surface area contributed by atoms with Crippen LogP contribution in [0.5, 0.6) is 5.75 Å². The first-order valence-electron chi connectivity index (χ1n) is 8.82. The summed E-state index contributed by atoms with van der Waals surface area (Å²) >= 11 is 0. The number of hydrogen-bond acceptors (Lipinski definition) is 2. The van der Waals surface area contributed by atoms with Crippen LogP contribution in [0.25, 0.3) is 0 Å². The van der Waals surface area contributed by atoms with E-state index in [-0.39, 0.29) is 0 Å². The van der Waals surface area contributed by atoms with Gasteiger partial charge in [0.05, 0.1) is 0 Å². The summed E-state index contributed by atoms with van der Waals surface area (Å²) in [6.45, 7) is 3.02. The molecule has 25 heavy (non-hydrogen) atoms. The summed E-state index contributed by atoms with van der Waals surface area (Å²) in [6, 6.07) is 27.2. The summed E-state index contributed by atoms with van der Waals surface area (Å²) in [5.41, 5.74) is 5.18. The van der Waals surface area contributed by atoms with Crippen LogP contribution in [0, 0.1) is 6.92 Å². The first-order valence-corrected chi connectivity index (χ1v) is 8.82. The van der Waals surface area contributed by atoms with Crippen molar-refractivity contribution >= 4 is 0 Å². The Morgan fingerprint density at radius 2 is 1.44 bits per heavy atom. The highest BCUT2D eigenvalue weighted by Crippen LogP contribution is 2.19. The maximum atomic E-state index is 9.39. The smallest absolute Gasteiger partial charge is 0.115 e. The van der Waals surface area contributed by atoms with E-state index in [1.807, 2.05) is 12.1 Å². The molecule has 0 saturated heterocycles. The number of nitrogens with one attached hydrogen (secondary N) is 1. The van der Waals surface area contributed by atoms with E-state index in [1.165, 1.54) is 22.3 Å². The van der Waals surface area contributed by atoms with E-state index < -0.39 is 0 Å². The van der Waals surface area contributed by atoms with E-state index in [0.29, 0.717) is 11.8 Å². The molecule has 0 fully saturated rings. The lowest BCUT2D eigenvalue weighted by molar-refractivity contribution is 0.475. The van der Waals surface area contributed by atoms with Gasteiger partial charge in [-0.15, -0.1) is 0 Å². The van der Waals surface area contributed by atoms with Crippen LogP contribution in [0.3, 0.4) is 0 Å². The van der Waals surface area contributed by atoms with Crippen LogP contribution in [0.15, 0.2) is 78.9 Å². The van der Waals surface area contributed by atoms with E-state index in [4.69, 9.17) is 0 Å². The molecule has 3 aromatic carbocycles. The number of hydrogen-bond donors (Lipinski definition) is 2. The molecule has 0 unspecified atom stereocenters. The van der Waals surface area contributed by atoms with E-state index in [1.54, 1.807) is 12.1 Å². The predicted octanol–water partition coefficient (Wildman–Crippen LogP) is 4.82. The number of phenols is 1. The maximum Gasteiger partial charge on any atom is 0.115 e. The van der Waals surface area contributed by atoms with Gasteiger partial charge in [-0.05, 0) is 55.1 Å². The van der Waals surface area contributed by atoms with Gasteiger partial charge in [-0.3, -0.25) is 0 Å². The molecule has 0 bridgehead atoms. The highest BCUT2D eigenvalue weighted by Gasteiger charge is 2.11. The average Bonchev–Trinajstić information content (AvgIpc) is 2.65. The molecule has 2 nitrogen and oxygen atoms in total. The molecule has 0 amide bonds. The van der Waals surface area contributed by atoms with Gasteiger partial charge in [-0.2, -0.15) is 0 Å². The van der Waals surface area contributed by atoms with Gasteiger partial charge >= 0.3 is 0 Å². The maximum absolute atomic E-state index is 9.39. The zero-order valence-electron chi connectivity index (χ0n) is 14.7. The summed E-state index contributed by atoms with van der Waals surface area (Å²) in [5, 5.41) is 13.1. The Kier molecular flexibility index (Phi) is 5.86. The third-order valence-electron chi connectivity index (χ3n) is 4.50. The van der Waals surface area contributed by atoms with Crippen LogP contribution in [0.2, 0.25) is 0 Å². The van der Waals surface area contributed by atoms with Crippen molar-refractivity contribution in [3.8, 4) is 5.75 Å². The van der Waals surface area contributed by atoms with Crippen molar-refractivity contribution in [2.75, 3.05) is 6.54 Å². The molecule has 2 heteroatoms. The van der Waals surface area contributed by atoms with Gasteiger partial charge in [0.25, 0.3) is 0 Å². The number of benzene rings is 3. The van der Waals surface area contributed by atoms with Crippen molar-refractivity contribution in [3.63, 3.8) is 0 Å². The highest BCUT2D eigenvalue weighted by molar-refractivity contribution is 5.27. The van der Waals surface area contributed by atoms with Crippen LogP contribution < -0.4 is 5.32 Å². The van der Waals surface area contributed by atoms with Crippen LogP contribution in [0.4, 0.5) is 0 Å². The van der Waals surface area contributed by atoms with Crippen molar-refractivity contribution < 1.29 is 5.11 Å². The van der Waals surface area contributed by atoms with Crippen molar-refractivity contribution in [1.82, 2.24) is 5.32 Å². The lowest BCUT2D eigenvalue weighted by Gasteiger charge is -2.20. The van der Waals surface area contributed by atoms with Crippen molar-refractivity contribution in [2.24, 2.45) is 0 Å². The molecule has 128 valence electrons. The lowest BCUT2D eigenvalue weighted by Crippen LogP contribution is -2.25. The minimum Gasteiger partial charge on any atom is -0.508 e. The van der Waals surface area contributed by atoms with Crippen LogP contribution in [-0.2, 0) is 12.8 Å². The molecule has 3 rings (SSSR count). The normalized spacial score (nSPS) is 12.0. The molecule has 0 aliphatic heterocycles. The molecule has 0 aliphatic rings. The summed E-state index contributed by atoms with van der Waals surface area (Å²) in [5.74, 6) is 0.318. The summed E-state index contributed by atoms with van der Waals surface area (Å²) in [4.78, 5) is 0. The molecular formula is C23H25NO. The molecular weight excluding hydrogens is 306 g/mol. The first-order chi connectivity index (χ1) is 12.2. The summed E-state index contributed by atoms with van der Waals surface area (Å²) in [7, 11) is 0. The van der Waals surface area contributed by atoms with Gasteiger partial charge in [0.2, 0.25) is 0 Å². The predicted molar refractivity (Wildman–Crippen MR) is 104 cm³/mol. The third kappa shape index (κ3) is 5.20. The topological polar surface area (TPSA) is 32.3 Å². The molecule has 0 saturated carbocycles. The largest absolute Gasteiger partial charge is 0.508 e. The Hall–Kier alpha value is -2.58. The molecule has 0 spiro atoms. The van der Waals surface area contributed by atoms with Gasteiger partial charge in [0.1, 0.15) is 5.75 Å². The number of phenolic OH excluding ortho intramolecular Hbond substituents is 1. The lowest BCUT2D eigenvalue weighted by atomic mass is 9.98. The van der Waals surface area contributed by atoms with Gasteiger partial charge < -0.3 is 10.4 Å². The van der Waals surface area contributed by atoms with Crippen molar-refractivity contribution in [1.29, 1.82) is 0 Å². The second kappa shape index (κ2) is 8.50. The second-order valence-electron chi connectivity index (χ2n) is 6.52. The summed E-state index contributed by atoms with van der Waals surface area (Å²) in [6.07, 6.45) is 1.91. The van der Waals surface area contributed by atoms with Crippen molar-refractivity contribution in [3.05, 3.63) is 101 Å². The third-order valence-corrected chi connectivity index (χ3v) is 4.50. The van der Waals surface area contributed by atoms with Gasteiger partial charge in [-0.25, -0.2) is 0 Å². The summed E-state index contributed by atoms with van der Waals surface area (Å²) < 4.78 is 0. The number of aromatic hydroxyl groups is 1. The Bertz CT molecular complexity index is 763. The second-order valence-corrected chi connectivity index (χ2v) is 6.52. The fourth-order valence-electron chi connectivity index (χ4n) is 3.01. The van der Waals surface area contributed by atoms with E-state index in [2.05, 4.69) is 66.8 Å². The van der Waals surface area contributed by atoms with Gasteiger partial charge in [0.15, 0.2) is 0 Å². The quantitative estimate of drug-likeness (QED) is 0.651. The molecule has 1 atom stereocenters. The fourth-order valence-corrected chi connectivity index (χ4v) is 3.01. The van der Waals surface area contributed by atoms with Crippen LogP contribution in [-0.4, -0.2) is 11.7 Å². The van der Waals surface area contributed by atoms with Gasteiger partial charge in [0, 0.05) is 6.04 Å². The van der Waals surface area contributed by atoms with E-state index in [0.717, 1.165) is 19.4 Å². The minimum atomic E-state index is 0.293. The van der Waals surface area contributed by atoms with Crippen LogP contribution >= 0.6 is 0 Å². The minimum absolute atomic E-state index is 0.293. The monoisotopic (exact) mass is 331 g/mol. The Morgan fingerprint density at radius 1 is 0.800 bits per heavy atom. The van der Waals surface area contributed by atoms with Gasteiger partial charge in [-0.1, -0.05) is 72.3 Å². The first kappa shape index (κ1) is 17.2. The Balaban J connectivity index is 1.66. The standard InChI is InChI=1S/C23H25NO/c1-18-7-9-20(10-8-18)17-23(21-5-3-2-4-6-21)24-16-15-19-11-13-22(25)14-12-19/h2-14,23-25H,15-17H2,1H3/t23-/m1/s1. The van der Waals surface area contributed by atoms with Crippen molar-refractivity contribution in [2.45, 2.75) is 25.8 Å². The zero-order chi connectivity index (χ0) is 17.5. The zero-order valence-corrected chi connectivity index (χ0v) is 14.7. The fraction of sp³-hybridized carbons (Fsp3) is 0.217. The van der Waals surface area contributed by atoms with E-state index >= 15 is 0 Å². The number of aryl methyl sites for hydroxylation is 1. The Morgan fingerprint density at radius 3 is 2.12 bits per heavy atom. The number of rotatable bonds is 7. The van der Waals surface area contributed by atoms with E-state index in [9.17, 15) is 5.11 Å². The SMILES string of the molecule is Cc1ccc(C[C@@H](NCCc2ccc(O)cc2)c2ccccc2)cc1. The average molecular weight is 331 g/mol. The molecule has 0 heterocycles. The molecule has 2 N–H and O–H groups in total. The molecule has 0 aliphatic carbocycles. The Labute approximate surface area is 150 Å². The highest BCUT2D eigenvalue weighted by atomic mass is 16.3. The molecule has 0 radical (unpaired) electrons. The van der Waals surface area contributed by atoms with Crippen LogP contribution in [0.1, 0.15) is 28.3 Å². The molecule has 3 aromatic rings.